The molecule has 6 heteroatoms. The molecule has 0 aliphatic rings. The van der Waals surface area contributed by atoms with Crippen molar-refractivity contribution in [1.29, 1.82) is 0 Å². The van der Waals surface area contributed by atoms with E-state index in [1.54, 1.807) is 24.5 Å². The molecule has 1 aromatic heterocycles. The maximum absolute atomic E-state index is 6.00. The van der Waals surface area contributed by atoms with Crippen LogP contribution in [0.25, 0.3) is 10.6 Å². The number of nitrogens with one attached hydrogen (secondary N) is 1. The van der Waals surface area contributed by atoms with Crippen LogP contribution in [0.5, 0.6) is 5.75 Å². The highest BCUT2D eigenvalue weighted by Crippen LogP contribution is 2.34. The molecule has 0 bridgehead atoms. The first-order valence-corrected chi connectivity index (χ1v) is 6.75. The van der Waals surface area contributed by atoms with Crippen molar-refractivity contribution in [3.63, 3.8) is 0 Å². The molecule has 0 radical (unpaired) electrons. The van der Waals surface area contributed by atoms with Crippen LogP contribution < -0.4 is 10.1 Å². The maximum Gasteiger partial charge on any atom is 0.151 e. The van der Waals surface area contributed by atoms with Gasteiger partial charge in [0.25, 0.3) is 0 Å². The Bertz CT molecular complexity index is 530. The van der Waals surface area contributed by atoms with Crippen molar-refractivity contribution in [2.24, 2.45) is 0 Å². The molecule has 0 spiro atoms. The number of hydrogen-bond donors (Lipinski definition) is 1. The lowest BCUT2D eigenvalue weighted by atomic mass is 10.2. The Morgan fingerprint density at radius 3 is 2.94 bits per heavy atom. The Kier molecular flexibility index (Phi) is 4.52. The van der Waals surface area contributed by atoms with Crippen LogP contribution in [0.4, 0.5) is 0 Å². The third kappa shape index (κ3) is 2.98. The summed E-state index contributed by atoms with van der Waals surface area (Å²) in [6.07, 6.45) is 0.872. The molecule has 0 saturated heterocycles. The van der Waals surface area contributed by atoms with Gasteiger partial charge < -0.3 is 10.1 Å². The average molecular weight is 284 g/mol. The van der Waals surface area contributed by atoms with Crippen molar-refractivity contribution >= 4 is 22.9 Å². The molecule has 0 fully saturated rings. The van der Waals surface area contributed by atoms with Gasteiger partial charge >= 0.3 is 0 Å². The van der Waals surface area contributed by atoms with Gasteiger partial charge in [0.1, 0.15) is 10.8 Å². The fourth-order valence-corrected chi connectivity index (χ4v) is 2.57. The lowest BCUT2D eigenvalue weighted by molar-refractivity contribution is 0.416. The molecule has 0 aliphatic carbocycles. The summed E-state index contributed by atoms with van der Waals surface area (Å²) in [5, 5.41) is 13.9. The largest absolute Gasteiger partial charge is 0.496 e. The normalized spacial score (nSPS) is 10.6. The van der Waals surface area contributed by atoms with Crippen molar-refractivity contribution in [1.82, 2.24) is 15.5 Å². The van der Waals surface area contributed by atoms with Gasteiger partial charge in [0.15, 0.2) is 5.01 Å². The lowest BCUT2D eigenvalue weighted by Crippen LogP contribution is -2.09. The molecule has 0 saturated carbocycles. The summed E-state index contributed by atoms with van der Waals surface area (Å²) in [5.41, 5.74) is 0.887. The van der Waals surface area contributed by atoms with Gasteiger partial charge in [-0.25, -0.2) is 0 Å². The third-order valence-corrected chi connectivity index (χ3v) is 3.70. The minimum Gasteiger partial charge on any atom is -0.496 e. The molecule has 1 N–H and O–H groups in total. The summed E-state index contributed by atoms with van der Waals surface area (Å²) >= 11 is 7.57. The lowest BCUT2D eigenvalue weighted by Gasteiger charge is -2.05. The van der Waals surface area contributed by atoms with Gasteiger partial charge in [-0.1, -0.05) is 22.9 Å². The number of rotatable bonds is 5. The van der Waals surface area contributed by atoms with Gasteiger partial charge in [-0.15, -0.1) is 10.2 Å². The summed E-state index contributed by atoms with van der Waals surface area (Å²) in [4.78, 5) is 0. The van der Waals surface area contributed by atoms with Crippen LogP contribution in [0, 0.1) is 0 Å². The van der Waals surface area contributed by atoms with Gasteiger partial charge in [-0.2, -0.15) is 0 Å². The fraction of sp³-hybridized carbons (Fsp3) is 0.333. The predicted octanol–water partition coefficient (Wildman–Crippen LogP) is 2.63. The second kappa shape index (κ2) is 6.13. The molecule has 1 aromatic carbocycles. The summed E-state index contributed by atoms with van der Waals surface area (Å²) in [7, 11) is 3.55. The minimum absolute atomic E-state index is 0.665. The van der Waals surface area contributed by atoms with Crippen LogP contribution in [0.3, 0.4) is 0 Å². The molecule has 0 aliphatic heterocycles. The number of ether oxygens (including phenoxy) is 1. The summed E-state index contributed by atoms with van der Waals surface area (Å²) in [5.74, 6) is 0.760. The van der Waals surface area contributed by atoms with E-state index >= 15 is 0 Å². The highest BCUT2D eigenvalue weighted by Gasteiger charge is 2.12. The van der Waals surface area contributed by atoms with Crippen LogP contribution in [0.15, 0.2) is 18.2 Å². The van der Waals surface area contributed by atoms with E-state index in [1.807, 2.05) is 19.2 Å². The number of methoxy groups -OCH3 is 1. The van der Waals surface area contributed by atoms with E-state index in [-0.39, 0.29) is 0 Å². The Labute approximate surface area is 115 Å². The summed E-state index contributed by atoms with van der Waals surface area (Å²) in [6, 6.07) is 5.49. The van der Waals surface area contributed by atoms with Crippen molar-refractivity contribution in [3.05, 3.63) is 28.2 Å². The molecule has 96 valence electrons. The van der Waals surface area contributed by atoms with Crippen LogP contribution in [-0.4, -0.2) is 30.9 Å². The first kappa shape index (κ1) is 13.3. The average Bonchev–Trinajstić information content (AvgIpc) is 2.85. The van der Waals surface area contributed by atoms with Crippen LogP contribution in [0.1, 0.15) is 5.01 Å². The SMILES string of the molecule is CNCCc1nnc(-c2cc(Cl)ccc2OC)s1. The molecule has 1 heterocycles. The smallest absolute Gasteiger partial charge is 0.151 e. The third-order valence-electron chi connectivity index (χ3n) is 2.45. The van der Waals surface area contributed by atoms with Gasteiger partial charge in [-0.3, -0.25) is 0 Å². The van der Waals surface area contributed by atoms with Crippen LogP contribution in [-0.2, 0) is 6.42 Å². The Morgan fingerprint density at radius 1 is 1.39 bits per heavy atom. The van der Waals surface area contributed by atoms with Crippen LogP contribution >= 0.6 is 22.9 Å². The number of hydrogen-bond acceptors (Lipinski definition) is 5. The first-order valence-electron chi connectivity index (χ1n) is 5.55. The maximum atomic E-state index is 6.00. The van der Waals surface area contributed by atoms with E-state index in [0.29, 0.717) is 5.02 Å². The highest BCUT2D eigenvalue weighted by atomic mass is 35.5. The van der Waals surface area contributed by atoms with Crippen LogP contribution in [0.2, 0.25) is 5.02 Å². The minimum atomic E-state index is 0.665. The zero-order valence-corrected chi connectivity index (χ0v) is 11.8. The Balaban J connectivity index is 2.30. The number of aromatic nitrogens is 2. The van der Waals surface area contributed by atoms with E-state index in [0.717, 1.165) is 34.3 Å². The zero-order valence-electron chi connectivity index (χ0n) is 10.2. The van der Waals surface area contributed by atoms with Gasteiger partial charge in [0.05, 0.1) is 12.7 Å². The fourth-order valence-electron chi connectivity index (χ4n) is 1.54. The molecular formula is C12H14ClN3OS. The number of nitrogens with zero attached hydrogens (tertiary/aromatic N) is 2. The second-order valence-electron chi connectivity index (χ2n) is 3.70. The van der Waals surface area contributed by atoms with E-state index in [1.165, 1.54) is 0 Å². The topological polar surface area (TPSA) is 47.0 Å². The molecule has 4 nitrogen and oxygen atoms in total. The van der Waals surface area contributed by atoms with Crippen molar-refractivity contribution < 1.29 is 4.74 Å². The van der Waals surface area contributed by atoms with E-state index in [4.69, 9.17) is 16.3 Å². The van der Waals surface area contributed by atoms with Crippen molar-refractivity contribution in [2.75, 3.05) is 20.7 Å². The second-order valence-corrected chi connectivity index (χ2v) is 5.20. The molecule has 18 heavy (non-hydrogen) atoms. The first-order chi connectivity index (χ1) is 8.74. The number of halogens is 1. The zero-order chi connectivity index (χ0) is 13.0. The van der Waals surface area contributed by atoms with Gasteiger partial charge in [-0.05, 0) is 25.2 Å². The van der Waals surface area contributed by atoms with Crippen molar-refractivity contribution in [2.45, 2.75) is 6.42 Å². The molecule has 0 atom stereocenters. The van der Waals surface area contributed by atoms with E-state index in [2.05, 4.69) is 15.5 Å². The number of likely N-dealkylation sites (N-methyl/N-ethyl adjacent to an activating group) is 1. The molecule has 2 rings (SSSR count). The summed E-state index contributed by atoms with van der Waals surface area (Å²) < 4.78 is 5.31. The van der Waals surface area contributed by atoms with E-state index < -0.39 is 0 Å². The number of benzene rings is 1. The quantitative estimate of drug-likeness (QED) is 0.916. The van der Waals surface area contributed by atoms with Gasteiger partial charge in [0.2, 0.25) is 0 Å². The molecule has 0 unspecified atom stereocenters. The molecule has 0 amide bonds. The monoisotopic (exact) mass is 283 g/mol. The standard InChI is InChI=1S/C12H14ClN3OS/c1-14-6-5-11-15-16-12(18-11)9-7-8(13)3-4-10(9)17-2/h3-4,7,14H,5-6H2,1-2H3. The van der Waals surface area contributed by atoms with Crippen molar-refractivity contribution in [3.8, 4) is 16.3 Å². The Hall–Kier alpha value is -1.17. The predicted molar refractivity (Wildman–Crippen MR) is 74.5 cm³/mol. The molecule has 2 aromatic rings. The van der Waals surface area contributed by atoms with E-state index in [9.17, 15) is 0 Å². The molecular weight excluding hydrogens is 270 g/mol. The summed E-state index contributed by atoms with van der Waals surface area (Å²) in [6.45, 7) is 0.890. The highest BCUT2D eigenvalue weighted by molar-refractivity contribution is 7.14. The Morgan fingerprint density at radius 2 is 2.22 bits per heavy atom. The van der Waals surface area contributed by atoms with Gasteiger partial charge in [0, 0.05) is 18.0 Å².